The summed E-state index contributed by atoms with van der Waals surface area (Å²) in [4.78, 5) is 34.6. The third kappa shape index (κ3) is 5.14. The number of ether oxygens (including phenoxy) is 3. The molecule has 0 bridgehead atoms. The standard InChI is InChI=1S/C26H34N2O5/c1-25(2)12-13-26(3,4)22-21(25)27-15-19(28-22)20(29)14-18(24(32-6)33-7)16-8-10-17(11-9-16)23(30)31-5/h8-11,15,18,24H,12-14H2,1-7H3. The molecule has 0 saturated heterocycles. The van der Waals surface area contributed by atoms with Crippen molar-refractivity contribution in [2.45, 2.75) is 70.0 Å². The Hall–Kier alpha value is -2.64. The van der Waals surface area contributed by atoms with Crippen LogP contribution in [0.2, 0.25) is 0 Å². The van der Waals surface area contributed by atoms with Crippen molar-refractivity contribution in [3.8, 4) is 0 Å². The fourth-order valence-electron chi connectivity index (χ4n) is 4.44. The van der Waals surface area contributed by atoms with E-state index in [0.717, 1.165) is 29.8 Å². The lowest BCUT2D eigenvalue weighted by molar-refractivity contribution is -0.117. The van der Waals surface area contributed by atoms with Gasteiger partial charge in [0.15, 0.2) is 12.1 Å². The highest BCUT2D eigenvalue weighted by Crippen LogP contribution is 2.43. The van der Waals surface area contributed by atoms with E-state index < -0.39 is 12.3 Å². The molecule has 0 spiro atoms. The van der Waals surface area contributed by atoms with Crippen molar-refractivity contribution in [3.05, 3.63) is 58.7 Å². The minimum atomic E-state index is -0.640. The summed E-state index contributed by atoms with van der Waals surface area (Å²) in [5.74, 6) is -0.939. The molecule has 1 aromatic heterocycles. The summed E-state index contributed by atoms with van der Waals surface area (Å²) >= 11 is 0. The first-order valence-electron chi connectivity index (χ1n) is 11.2. The molecular formula is C26H34N2O5. The van der Waals surface area contributed by atoms with Gasteiger partial charge in [-0.05, 0) is 30.5 Å². The fourth-order valence-corrected chi connectivity index (χ4v) is 4.44. The van der Waals surface area contributed by atoms with Crippen LogP contribution in [0.4, 0.5) is 0 Å². The number of ketones is 1. The molecule has 3 rings (SSSR count). The van der Waals surface area contributed by atoms with Gasteiger partial charge >= 0.3 is 5.97 Å². The van der Waals surface area contributed by atoms with Crippen LogP contribution >= 0.6 is 0 Å². The zero-order valence-corrected chi connectivity index (χ0v) is 20.6. The largest absolute Gasteiger partial charge is 0.465 e. The zero-order valence-electron chi connectivity index (χ0n) is 20.6. The van der Waals surface area contributed by atoms with Crippen LogP contribution in [0.25, 0.3) is 0 Å². The van der Waals surface area contributed by atoms with Gasteiger partial charge in [-0.15, -0.1) is 0 Å². The van der Waals surface area contributed by atoms with E-state index in [4.69, 9.17) is 24.2 Å². The summed E-state index contributed by atoms with van der Waals surface area (Å²) in [6.07, 6.45) is 3.10. The van der Waals surface area contributed by atoms with E-state index in [2.05, 4.69) is 27.7 Å². The van der Waals surface area contributed by atoms with Gasteiger partial charge in [0.05, 0.1) is 30.3 Å². The Bertz CT molecular complexity index is 1010. The van der Waals surface area contributed by atoms with E-state index in [1.807, 2.05) is 0 Å². The fraction of sp³-hybridized carbons (Fsp3) is 0.538. The minimum absolute atomic E-state index is 0.0689. The molecule has 7 heteroatoms. The first-order chi connectivity index (χ1) is 15.5. The van der Waals surface area contributed by atoms with E-state index in [1.165, 1.54) is 21.3 Å². The molecule has 178 valence electrons. The van der Waals surface area contributed by atoms with Gasteiger partial charge < -0.3 is 14.2 Å². The first-order valence-corrected chi connectivity index (χ1v) is 11.2. The van der Waals surface area contributed by atoms with E-state index in [0.29, 0.717) is 11.3 Å². The number of Topliss-reactive ketones (excluding diaryl/α,β-unsaturated/α-hetero) is 1. The van der Waals surface area contributed by atoms with Crippen LogP contribution in [-0.4, -0.2) is 49.3 Å². The molecule has 1 atom stereocenters. The number of benzene rings is 1. The lowest BCUT2D eigenvalue weighted by Crippen LogP contribution is -2.36. The van der Waals surface area contributed by atoms with Crippen molar-refractivity contribution in [2.24, 2.45) is 0 Å². The Kier molecular flexibility index (Phi) is 7.34. The second-order valence-electron chi connectivity index (χ2n) is 9.91. The number of carbonyl (C=O) groups excluding carboxylic acids is 2. The Morgan fingerprint density at radius 1 is 0.939 bits per heavy atom. The molecule has 0 fully saturated rings. The van der Waals surface area contributed by atoms with Gasteiger partial charge in [-0.3, -0.25) is 9.78 Å². The Balaban J connectivity index is 1.93. The van der Waals surface area contributed by atoms with Crippen molar-refractivity contribution in [2.75, 3.05) is 21.3 Å². The molecule has 1 aromatic carbocycles. The van der Waals surface area contributed by atoms with Crippen molar-refractivity contribution >= 4 is 11.8 Å². The normalized spacial score (nSPS) is 17.3. The second kappa shape index (κ2) is 9.69. The first kappa shape index (κ1) is 25.0. The molecule has 7 nitrogen and oxygen atoms in total. The number of nitrogens with zero attached hydrogens (tertiary/aromatic N) is 2. The Labute approximate surface area is 195 Å². The lowest BCUT2D eigenvalue weighted by atomic mass is 9.67. The topological polar surface area (TPSA) is 87.6 Å². The average molecular weight is 455 g/mol. The van der Waals surface area contributed by atoms with Crippen molar-refractivity contribution in [3.63, 3.8) is 0 Å². The highest BCUT2D eigenvalue weighted by molar-refractivity contribution is 5.94. The molecule has 1 aliphatic carbocycles. The summed E-state index contributed by atoms with van der Waals surface area (Å²) in [5, 5.41) is 0. The molecule has 1 unspecified atom stereocenters. The van der Waals surface area contributed by atoms with Crippen molar-refractivity contribution < 1.29 is 23.8 Å². The number of esters is 1. The molecule has 1 aliphatic rings. The molecule has 0 aliphatic heterocycles. The molecule has 1 heterocycles. The summed E-state index contributed by atoms with van der Waals surface area (Å²) in [5.41, 5.74) is 3.26. The summed E-state index contributed by atoms with van der Waals surface area (Å²) in [6.45, 7) is 8.66. The maximum absolute atomic E-state index is 13.4. The van der Waals surface area contributed by atoms with Gasteiger partial charge in [0.25, 0.3) is 0 Å². The summed E-state index contributed by atoms with van der Waals surface area (Å²) in [6, 6.07) is 6.92. The monoisotopic (exact) mass is 454 g/mol. The van der Waals surface area contributed by atoms with Gasteiger partial charge in [0.1, 0.15) is 5.69 Å². The quantitative estimate of drug-likeness (QED) is 0.327. The van der Waals surface area contributed by atoms with Crippen LogP contribution in [0.1, 0.15) is 90.7 Å². The number of aromatic nitrogens is 2. The van der Waals surface area contributed by atoms with Crippen molar-refractivity contribution in [1.82, 2.24) is 9.97 Å². The SMILES string of the molecule is COC(=O)c1ccc(C(CC(=O)c2cnc3c(n2)C(C)(C)CCC3(C)C)C(OC)OC)cc1. The predicted molar refractivity (Wildman–Crippen MR) is 125 cm³/mol. The molecule has 0 N–H and O–H groups in total. The van der Waals surface area contributed by atoms with Gasteiger partial charge in [-0.1, -0.05) is 39.8 Å². The molecule has 0 radical (unpaired) electrons. The number of hydrogen-bond donors (Lipinski definition) is 0. The minimum Gasteiger partial charge on any atom is -0.465 e. The molecule has 33 heavy (non-hydrogen) atoms. The smallest absolute Gasteiger partial charge is 0.337 e. The van der Waals surface area contributed by atoms with Crippen LogP contribution in [0, 0.1) is 0 Å². The average Bonchev–Trinajstić information content (AvgIpc) is 2.81. The highest BCUT2D eigenvalue weighted by atomic mass is 16.7. The van der Waals surface area contributed by atoms with E-state index in [-0.39, 0.29) is 29.0 Å². The number of hydrogen-bond acceptors (Lipinski definition) is 7. The maximum Gasteiger partial charge on any atom is 0.337 e. The number of methoxy groups -OCH3 is 3. The van der Waals surface area contributed by atoms with E-state index >= 15 is 0 Å². The zero-order chi connectivity index (χ0) is 24.4. The molecule has 0 amide bonds. The van der Waals surface area contributed by atoms with E-state index in [1.54, 1.807) is 30.5 Å². The van der Waals surface area contributed by atoms with Crippen LogP contribution in [0.3, 0.4) is 0 Å². The lowest BCUT2D eigenvalue weighted by Gasteiger charge is -2.39. The van der Waals surface area contributed by atoms with Crippen molar-refractivity contribution in [1.29, 1.82) is 0 Å². The summed E-state index contributed by atoms with van der Waals surface area (Å²) < 4.78 is 15.8. The Morgan fingerprint density at radius 3 is 2.06 bits per heavy atom. The summed E-state index contributed by atoms with van der Waals surface area (Å²) in [7, 11) is 4.42. The van der Waals surface area contributed by atoms with Crippen LogP contribution in [0.5, 0.6) is 0 Å². The van der Waals surface area contributed by atoms with E-state index in [9.17, 15) is 9.59 Å². The number of rotatable bonds is 8. The van der Waals surface area contributed by atoms with Gasteiger partial charge in [-0.25, -0.2) is 9.78 Å². The number of fused-ring (bicyclic) bond motifs is 1. The third-order valence-corrected chi connectivity index (χ3v) is 6.67. The van der Waals surface area contributed by atoms with Gasteiger partial charge in [-0.2, -0.15) is 0 Å². The maximum atomic E-state index is 13.4. The highest BCUT2D eigenvalue weighted by Gasteiger charge is 2.40. The van der Waals surface area contributed by atoms with Gasteiger partial charge in [0.2, 0.25) is 0 Å². The molecule has 0 saturated carbocycles. The number of carbonyl (C=O) groups is 2. The second-order valence-corrected chi connectivity index (χ2v) is 9.91. The van der Waals surface area contributed by atoms with Crippen LogP contribution in [0.15, 0.2) is 30.5 Å². The van der Waals surface area contributed by atoms with Crippen LogP contribution in [-0.2, 0) is 25.0 Å². The predicted octanol–water partition coefficient (Wildman–Crippen LogP) is 4.59. The van der Waals surface area contributed by atoms with Gasteiger partial charge in [0, 0.05) is 37.4 Å². The van der Waals surface area contributed by atoms with Crippen LogP contribution < -0.4 is 0 Å². The third-order valence-electron chi connectivity index (χ3n) is 6.67. The molecular weight excluding hydrogens is 420 g/mol. The molecule has 2 aromatic rings. The Morgan fingerprint density at radius 2 is 1.52 bits per heavy atom.